The van der Waals surface area contributed by atoms with Crippen LogP contribution in [0.15, 0.2) is 182 Å². The minimum absolute atomic E-state index is 0.571. The predicted octanol–water partition coefficient (Wildman–Crippen LogP) is 12.8. The lowest BCUT2D eigenvalue weighted by molar-refractivity contribution is 0.953. The van der Waals surface area contributed by atoms with Crippen molar-refractivity contribution < 1.29 is 0 Å². The molecule has 57 heavy (non-hydrogen) atoms. The number of nitrogens with zero attached hydrogens (tertiary/aromatic N) is 6. The van der Waals surface area contributed by atoms with Crippen molar-refractivity contribution in [3.05, 3.63) is 182 Å². The lowest BCUT2D eigenvalue weighted by Gasteiger charge is -2.11. The lowest BCUT2D eigenvalue weighted by Crippen LogP contribution is -2.06. The highest BCUT2D eigenvalue weighted by atomic mass is 32.1. The number of fused-ring (bicyclic) bond motifs is 10. The van der Waals surface area contributed by atoms with Gasteiger partial charge in [0.15, 0.2) is 11.6 Å². The van der Waals surface area contributed by atoms with E-state index >= 15 is 0 Å². The molecule has 6 nitrogen and oxygen atoms in total. The maximum Gasteiger partial charge on any atom is 0.238 e. The van der Waals surface area contributed by atoms with Gasteiger partial charge in [0.25, 0.3) is 0 Å². The summed E-state index contributed by atoms with van der Waals surface area (Å²) < 4.78 is 7.08. The van der Waals surface area contributed by atoms with E-state index in [1.807, 2.05) is 72.0 Å². The minimum atomic E-state index is 0.571. The molecule has 5 heterocycles. The first-order valence-corrected chi connectivity index (χ1v) is 19.8. The van der Waals surface area contributed by atoms with E-state index < -0.39 is 0 Å². The van der Waals surface area contributed by atoms with Crippen molar-refractivity contribution >= 4 is 75.1 Å². The molecular weight excluding hydrogens is 717 g/mol. The number of pyridine rings is 1. The third kappa shape index (κ3) is 4.96. The van der Waals surface area contributed by atoms with Crippen LogP contribution in [-0.2, 0) is 0 Å². The first-order valence-electron chi connectivity index (χ1n) is 19.0. The third-order valence-corrected chi connectivity index (χ3v) is 12.1. The molecule has 0 aliphatic heterocycles. The SMILES string of the molecule is c1ccc(-c2nc(-c3ccccc3)nc(-n3c4ccccc4c4c5c6ccccc6n(-c6cccc(-c7ccc8sc9ccccc9c8c7)n6)c5ccc43)n2)cc1. The fourth-order valence-corrected chi connectivity index (χ4v) is 9.56. The van der Waals surface area contributed by atoms with Crippen molar-refractivity contribution in [1.82, 2.24) is 29.1 Å². The number of thiophene rings is 1. The summed E-state index contributed by atoms with van der Waals surface area (Å²) in [5.41, 5.74) is 8.13. The number of benzene rings is 7. The van der Waals surface area contributed by atoms with Crippen molar-refractivity contribution in [1.29, 1.82) is 0 Å². The zero-order valence-corrected chi connectivity index (χ0v) is 31.2. The average Bonchev–Trinajstić information content (AvgIpc) is 3.94. The van der Waals surface area contributed by atoms with Crippen LogP contribution in [-0.4, -0.2) is 29.1 Å². The molecule has 12 rings (SSSR count). The van der Waals surface area contributed by atoms with Crippen molar-refractivity contribution in [3.63, 3.8) is 0 Å². The van der Waals surface area contributed by atoms with E-state index in [0.29, 0.717) is 17.6 Å². The molecule has 0 spiro atoms. The highest BCUT2D eigenvalue weighted by Gasteiger charge is 2.23. The molecule has 0 saturated heterocycles. The Morgan fingerprint density at radius 3 is 1.60 bits per heavy atom. The van der Waals surface area contributed by atoms with Crippen molar-refractivity contribution in [2.75, 3.05) is 0 Å². The highest BCUT2D eigenvalue weighted by molar-refractivity contribution is 7.25. The molecule has 266 valence electrons. The van der Waals surface area contributed by atoms with Crippen LogP contribution in [0.4, 0.5) is 0 Å². The third-order valence-electron chi connectivity index (χ3n) is 11.0. The fraction of sp³-hybridized carbons (Fsp3) is 0. The van der Waals surface area contributed by atoms with Gasteiger partial charge in [-0.05, 0) is 54.6 Å². The molecule has 0 unspecified atom stereocenters. The van der Waals surface area contributed by atoms with Gasteiger partial charge in [-0.3, -0.25) is 9.13 Å². The second-order valence-corrected chi connectivity index (χ2v) is 15.3. The second-order valence-electron chi connectivity index (χ2n) is 14.3. The number of hydrogen-bond donors (Lipinski definition) is 0. The summed E-state index contributed by atoms with van der Waals surface area (Å²) in [5, 5.41) is 7.14. The van der Waals surface area contributed by atoms with Crippen LogP contribution in [0.3, 0.4) is 0 Å². The molecule has 0 bridgehead atoms. The van der Waals surface area contributed by atoms with Gasteiger partial charge in [0, 0.05) is 58.4 Å². The summed E-state index contributed by atoms with van der Waals surface area (Å²) in [7, 11) is 0. The minimum Gasteiger partial charge on any atom is -0.294 e. The highest BCUT2D eigenvalue weighted by Crippen LogP contribution is 2.42. The Morgan fingerprint density at radius 2 is 0.912 bits per heavy atom. The zero-order chi connectivity index (χ0) is 37.5. The van der Waals surface area contributed by atoms with E-state index in [1.54, 1.807) is 0 Å². The molecule has 0 fully saturated rings. The smallest absolute Gasteiger partial charge is 0.238 e. The Hall–Kier alpha value is -7.48. The van der Waals surface area contributed by atoms with Gasteiger partial charge in [-0.2, -0.15) is 9.97 Å². The van der Waals surface area contributed by atoms with Gasteiger partial charge in [-0.25, -0.2) is 9.97 Å². The molecule has 12 aromatic rings. The van der Waals surface area contributed by atoms with Crippen LogP contribution in [0.25, 0.3) is 110 Å². The molecule has 0 amide bonds. The number of rotatable bonds is 5. The topological polar surface area (TPSA) is 61.4 Å². The van der Waals surface area contributed by atoms with Crippen LogP contribution in [0.2, 0.25) is 0 Å². The molecule has 0 aliphatic rings. The van der Waals surface area contributed by atoms with Crippen molar-refractivity contribution in [2.24, 2.45) is 0 Å². The first kappa shape index (κ1) is 31.8. The van der Waals surface area contributed by atoms with Crippen molar-refractivity contribution in [2.45, 2.75) is 0 Å². The Bertz CT molecular complexity index is 3470. The monoisotopic (exact) mass is 746 g/mol. The van der Waals surface area contributed by atoms with Gasteiger partial charge in [-0.15, -0.1) is 11.3 Å². The zero-order valence-electron chi connectivity index (χ0n) is 30.4. The Labute approximate surface area is 330 Å². The van der Waals surface area contributed by atoms with E-state index in [-0.39, 0.29) is 0 Å². The number of aromatic nitrogens is 6. The van der Waals surface area contributed by atoms with Crippen LogP contribution < -0.4 is 0 Å². The first-order chi connectivity index (χ1) is 28.3. The van der Waals surface area contributed by atoms with E-state index in [4.69, 9.17) is 19.9 Å². The maximum atomic E-state index is 5.36. The summed E-state index contributed by atoms with van der Waals surface area (Å²) in [5.74, 6) is 2.69. The Kier molecular flexibility index (Phi) is 7.00. The lowest BCUT2D eigenvalue weighted by atomic mass is 10.1. The van der Waals surface area contributed by atoms with Gasteiger partial charge in [0.05, 0.1) is 27.8 Å². The fourth-order valence-electron chi connectivity index (χ4n) is 8.47. The summed E-state index contributed by atoms with van der Waals surface area (Å²) in [6.45, 7) is 0. The van der Waals surface area contributed by atoms with E-state index in [0.717, 1.165) is 71.8 Å². The molecule has 0 atom stereocenters. The summed E-state index contributed by atoms with van der Waals surface area (Å²) in [6.07, 6.45) is 0. The molecular formula is C50H30N6S. The number of para-hydroxylation sites is 2. The Balaban J connectivity index is 1.10. The largest absolute Gasteiger partial charge is 0.294 e. The van der Waals surface area contributed by atoms with Crippen LogP contribution in [0, 0.1) is 0 Å². The molecule has 0 saturated carbocycles. The van der Waals surface area contributed by atoms with Gasteiger partial charge < -0.3 is 0 Å². The van der Waals surface area contributed by atoms with Gasteiger partial charge >= 0.3 is 0 Å². The van der Waals surface area contributed by atoms with E-state index in [1.165, 1.54) is 20.2 Å². The summed E-state index contributed by atoms with van der Waals surface area (Å²) in [4.78, 5) is 20.7. The average molecular weight is 747 g/mol. The van der Waals surface area contributed by atoms with Gasteiger partial charge in [0.1, 0.15) is 5.82 Å². The quantitative estimate of drug-likeness (QED) is 0.176. The molecule has 7 heteroatoms. The molecule has 5 aromatic heterocycles. The molecule has 0 aliphatic carbocycles. The van der Waals surface area contributed by atoms with Crippen LogP contribution >= 0.6 is 11.3 Å². The van der Waals surface area contributed by atoms with Crippen LogP contribution in [0.5, 0.6) is 0 Å². The van der Waals surface area contributed by atoms with Crippen LogP contribution in [0.1, 0.15) is 0 Å². The van der Waals surface area contributed by atoms with E-state index in [2.05, 4.69) is 130 Å². The molecule has 7 aromatic carbocycles. The van der Waals surface area contributed by atoms with Crippen molar-refractivity contribution in [3.8, 4) is 45.8 Å². The van der Waals surface area contributed by atoms with Gasteiger partial charge in [-0.1, -0.05) is 127 Å². The normalized spacial score (nSPS) is 11.9. The predicted molar refractivity (Wildman–Crippen MR) is 235 cm³/mol. The standard InChI is InChI=1S/C50H30N6S/c1-3-14-31(15-4-1)48-52-49(32-16-5-2-6-17-32)54-50(53-48)56-40-23-11-8-20-36(40)47-42(56)28-27-41-46(47)35-19-7-10-22-39(35)55(41)45-25-13-21-38(51-45)33-26-29-44-37(30-33)34-18-9-12-24-43(34)57-44/h1-30H. The molecule has 0 N–H and O–H groups in total. The second kappa shape index (κ2) is 12.5. The summed E-state index contributed by atoms with van der Waals surface area (Å²) >= 11 is 1.83. The molecule has 0 radical (unpaired) electrons. The Morgan fingerprint density at radius 1 is 0.351 bits per heavy atom. The summed E-state index contributed by atoms with van der Waals surface area (Å²) in [6, 6.07) is 63.6. The maximum absolute atomic E-state index is 5.36. The van der Waals surface area contributed by atoms with Gasteiger partial charge in [0.2, 0.25) is 5.95 Å². The number of hydrogen-bond acceptors (Lipinski definition) is 5. The van der Waals surface area contributed by atoms with E-state index in [9.17, 15) is 0 Å².